The number of rotatable bonds is 14. The van der Waals surface area contributed by atoms with Gasteiger partial charge in [0.05, 0.1) is 5.71 Å². The monoisotopic (exact) mass is 418 g/mol. The van der Waals surface area contributed by atoms with Crippen LogP contribution in [0.4, 0.5) is 0 Å². The third-order valence-electron chi connectivity index (χ3n) is 4.34. The number of aryl methyl sites for hydroxylation is 1. The maximum Gasteiger partial charge on any atom is 0.109 e. The lowest BCUT2D eigenvalue weighted by molar-refractivity contribution is 0.451. The van der Waals surface area contributed by atoms with Crippen molar-refractivity contribution in [1.82, 2.24) is 15.5 Å². The molecule has 31 heavy (non-hydrogen) atoms. The zero-order valence-electron chi connectivity index (χ0n) is 18.8. The van der Waals surface area contributed by atoms with Gasteiger partial charge < -0.3 is 20.9 Å². The van der Waals surface area contributed by atoms with E-state index in [1.807, 2.05) is 25.4 Å². The van der Waals surface area contributed by atoms with E-state index in [0.29, 0.717) is 12.5 Å². The Kier molecular flexibility index (Phi) is 12.4. The van der Waals surface area contributed by atoms with Crippen molar-refractivity contribution >= 4 is 18.6 Å². The van der Waals surface area contributed by atoms with Crippen LogP contribution in [0, 0.1) is 5.41 Å². The zero-order chi connectivity index (χ0) is 22.9. The molecule has 0 aliphatic heterocycles. The summed E-state index contributed by atoms with van der Waals surface area (Å²) in [4.78, 5) is 10.5. The van der Waals surface area contributed by atoms with E-state index >= 15 is 0 Å². The Morgan fingerprint density at radius 1 is 1.16 bits per heavy atom. The van der Waals surface area contributed by atoms with Crippen molar-refractivity contribution in [2.24, 2.45) is 9.98 Å². The first-order valence-corrected chi connectivity index (χ1v) is 10.2. The van der Waals surface area contributed by atoms with Gasteiger partial charge in [-0.15, -0.1) is 0 Å². The van der Waals surface area contributed by atoms with Gasteiger partial charge in [0, 0.05) is 38.6 Å². The summed E-state index contributed by atoms with van der Waals surface area (Å²) in [5, 5.41) is 13.3. The van der Waals surface area contributed by atoms with Crippen LogP contribution in [0.2, 0.25) is 0 Å². The van der Waals surface area contributed by atoms with Gasteiger partial charge in [0.25, 0.3) is 0 Å². The number of allylic oxidation sites excluding steroid dienone is 6. The Labute approximate surface area is 186 Å². The van der Waals surface area contributed by atoms with Crippen LogP contribution < -0.4 is 10.6 Å². The smallest absolute Gasteiger partial charge is 0.109 e. The van der Waals surface area contributed by atoms with Gasteiger partial charge in [0.2, 0.25) is 0 Å². The fourth-order valence-electron chi connectivity index (χ4n) is 2.67. The molecular weight excluding hydrogens is 384 g/mol. The van der Waals surface area contributed by atoms with Crippen LogP contribution in [0.25, 0.3) is 0 Å². The van der Waals surface area contributed by atoms with Crippen LogP contribution in [-0.2, 0) is 13.0 Å². The van der Waals surface area contributed by atoms with Crippen molar-refractivity contribution < 1.29 is 0 Å². The zero-order valence-corrected chi connectivity index (χ0v) is 18.8. The standard InChI is InChI=1S/C25H34N6/c1-6-8-23(15-18-31(5)19-22-11-9-21(7-2)10-12-22)24(14-17-27-3)29-20-30-25(28-4)13-16-26/h6,8-18,26,28,30H,1,3,7,19-20H2,2,4-5H3/b17-14-,18-15-,23-8+,25-13+,26-16?,29-24+. The van der Waals surface area contributed by atoms with Crippen molar-refractivity contribution in [2.75, 3.05) is 20.8 Å². The molecule has 3 N–H and O–H groups in total. The Morgan fingerprint density at radius 2 is 1.87 bits per heavy atom. The second-order valence-corrected chi connectivity index (χ2v) is 6.63. The molecule has 0 radical (unpaired) electrons. The van der Waals surface area contributed by atoms with Crippen molar-refractivity contribution in [1.29, 1.82) is 5.41 Å². The first-order chi connectivity index (χ1) is 15.1. The number of nitrogens with one attached hydrogen (secondary N) is 3. The number of hydrogen-bond acceptors (Lipinski definition) is 6. The minimum absolute atomic E-state index is 0.333. The predicted octanol–water partition coefficient (Wildman–Crippen LogP) is 4.22. The third kappa shape index (κ3) is 10.1. The van der Waals surface area contributed by atoms with Crippen LogP contribution in [0.1, 0.15) is 18.1 Å². The summed E-state index contributed by atoms with van der Waals surface area (Å²) in [6.07, 6.45) is 14.9. The van der Waals surface area contributed by atoms with Crippen molar-refractivity contribution in [2.45, 2.75) is 19.9 Å². The average molecular weight is 419 g/mol. The lowest BCUT2D eigenvalue weighted by atomic mass is 10.1. The van der Waals surface area contributed by atoms with E-state index in [-0.39, 0.29) is 0 Å². The molecule has 0 aromatic heterocycles. The normalized spacial score (nSPS) is 12.8. The van der Waals surface area contributed by atoms with Crippen molar-refractivity contribution in [3.05, 3.63) is 96.1 Å². The SMILES string of the molecule is C=C/C=C(\C=C/N(C)Cc1ccc(CC)cc1)C(/C=C\N=C)=N/CN/C(=C/C=N)NC. The van der Waals surface area contributed by atoms with E-state index in [0.717, 1.165) is 24.3 Å². The molecule has 6 heteroatoms. The second kappa shape index (κ2) is 15.2. The van der Waals surface area contributed by atoms with Gasteiger partial charge in [-0.05, 0) is 48.7 Å². The predicted molar refractivity (Wildman–Crippen MR) is 135 cm³/mol. The summed E-state index contributed by atoms with van der Waals surface area (Å²) in [5.74, 6) is 0.711. The van der Waals surface area contributed by atoms with Gasteiger partial charge >= 0.3 is 0 Å². The highest BCUT2D eigenvalue weighted by atomic mass is 15.1. The summed E-state index contributed by atoms with van der Waals surface area (Å²) in [6, 6.07) is 8.68. The minimum atomic E-state index is 0.333. The molecule has 0 unspecified atom stereocenters. The molecule has 0 aliphatic carbocycles. The van der Waals surface area contributed by atoms with Gasteiger partial charge in [0.1, 0.15) is 12.5 Å². The van der Waals surface area contributed by atoms with Crippen LogP contribution in [0.5, 0.6) is 0 Å². The van der Waals surface area contributed by atoms with Crippen molar-refractivity contribution in [3.63, 3.8) is 0 Å². The maximum absolute atomic E-state index is 7.18. The highest BCUT2D eigenvalue weighted by Crippen LogP contribution is 2.09. The largest absolute Gasteiger partial charge is 0.376 e. The van der Waals surface area contributed by atoms with Crippen LogP contribution in [-0.4, -0.2) is 44.3 Å². The maximum atomic E-state index is 7.18. The second-order valence-electron chi connectivity index (χ2n) is 6.63. The highest BCUT2D eigenvalue weighted by molar-refractivity contribution is 6.10. The third-order valence-corrected chi connectivity index (χ3v) is 4.34. The van der Waals surface area contributed by atoms with Crippen LogP contribution in [0.15, 0.2) is 95.0 Å². The van der Waals surface area contributed by atoms with E-state index < -0.39 is 0 Å². The molecule has 0 aliphatic rings. The Hall–Kier alpha value is -3.67. The van der Waals surface area contributed by atoms with Crippen LogP contribution in [0.3, 0.4) is 0 Å². The van der Waals surface area contributed by atoms with Gasteiger partial charge in [-0.2, -0.15) is 0 Å². The summed E-state index contributed by atoms with van der Waals surface area (Å²) in [6.45, 7) is 10.6. The molecular formula is C25H34N6. The fraction of sp³-hybridized carbons (Fsp3) is 0.240. The van der Waals surface area contributed by atoms with E-state index in [4.69, 9.17) is 5.41 Å². The quantitative estimate of drug-likeness (QED) is 0.313. The van der Waals surface area contributed by atoms with Gasteiger partial charge in [-0.3, -0.25) is 9.98 Å². The number of nitrogens with zero attached hydrogens (tertiary/aromatic N) is 3. The van der Waals surface area contributed by atoms with Crippen LogP contribution >= 0.6 is 0 Å². The Bertz CT molecular complexity index is 857. The average Bonchev–Trinajstić information content (AvgIpc) is 2.78. The molecule has 0 fully saturated rings. The molecule has 1 rings (SSSR count). The van der Waals surface area contributed by atoms with E-state index in [1.165, 1.54) is 17.3 Å². The summed E-state index contributed by atoms with van der Waals surface area (Å²) >= 11 is 0. The Balaban J connectivity index is 2.96. The molecule has 0 saturated carbocycles. The molecule has 6 nitrogen and oxygen atoms in total. The highest BCUT2D eigenvalue weighted by Gasteiger charge is 2.02. The fourth-order valence-corrected chi connectivity index (χ4v) is 2.67. The molecule has 0 bridgehead atoms. The topological polar surface area (TPSA) is 75.9 Å². The first kappa shape index (κ1) is 25.4. The molecule has 0 atom stereocenters. The summed E-state index contributed by atoms with van der Waals surface area (Å²) in [5.41, 5.74) is 4.23. The molecule has 0 amide bonds. The number of benzene rings is 1. The van der Waals surface area contributed by atoms with Crippen molar-refractivity contribution in [3.8, 4) is 0 Å². The molecule has 1 aromatic rings. The molecule has 0 heterocycles. The molecule has 164 valence electrons. The summed E-state index contributed by atoms with van der Waals surface area (Å²) in [7, 11) is 3.82. The molecule has 0 spiro atoms. The minimum Gasteiger partial charge on any atom is -0.376 e. The van der Waals surface area contributed by atoms with Gasteiger partial charge in [-0.1, -0.05) is 49.9 Å². The first-order valence-electron chi connectivity index (χ1n) is 10.2. The summed E-state index contributed by atoms with van der Waals surface area (Å²) < 4.78 is 0. The van der Waals surface area contributed by atoms with E-state index in [1.54, 1.807) is 31.5 Å². The number of hydrogen-bond donors (Lipinski definition) is 3. The van der Waals surface area contributed by atoms with E-state index in [2.05, 4.69) is 70.0 Å². The lowest BCUT2D eigenvalue weighted by Gasteiger charge is -2.15. The molecule has 0 saturated heterocycles. The van der Waals surface area contributed by atoms with Gasteiger partial charge in [-0.25, -0.2) is 0 Å². The lowest BCUT2D eigenvalue weighted by Crippen LogP contribution is -2.24. The van der Waals surface area contributed by atoms with E-state index in [9.17, 15) is 0 Å². The Morgan fingerprint density at radius 3 is 2.45 bits per heavy atom. The molecule has 1 aromatic carbocycles. The number of aliphatic imine (C=N–C) groups is 2. The van der Waals surface area contributed by atoms with Gasteiger partial charge in [0.15, 0.2) is 0 Å².